The molecule has 2 rings (SSSR count). The van der Waals surface area contributed by atoms with Crippen LogP contribution in [0.3, 0.4) is 0 Å². The second-order valence-electron chi connectivity index (χ2n) is 4.45. The van der Waals surface area contributed by atoms with Crippen LogP contribution in [-0.2, 0) is 10.0 Å². The van der Waals surface area contributed by atoms with Gasteiger partial charge in [0, 0.05) is 12.3 Å². The highest BCUT2D eigenvalue weighted by Crippen LogP contribution is 2.23. The van der Waals surface area contributed by atoms with Gasteiger partial charge in [-0.15, -0.1) is 0 Å². The van der Waals surface area contributed by atoms with E-state index < -0.39 is 16.0 Å². The van der Waals surface area contributed by atoms with E-state index in [4.69, 9.17) is 16.7 Å². The molecular formula is C13H11ClN2O5S. The van der Waals surface area contributed by atoms with E-state index in [-0.39, 0.29) is 26.7 Å². The van der Waals surface area contributed by atoms with E-state index in [2.05, 4.69) is 9.71 Å². The minimum atomic E-state index is -3.96. The number of pyridine rings is 1. The number of aryl methyl sites for hydroxylation is 1. The highest BCUT2D eigenvalue weighted by Gasteiger charge is 2.18. The number of H-pyrrole nitrogens is 1. The van der Waals surface area contributed by atoms with Crippen LogP contribution in [0.1, 0.15) is 15.9 Å². The maximum atomic E-state index is 12.3. The van der Waals surface area contributed by atoms with Gasteiger partial charge in [0.05, 0.1) is 21.2 Å². The summed E-state index contributed by atoms with van der Waals surface area (Å²) in [6.45, 7) is 1.58. The number of rotatable bonds is 4. The van der Waals surface area contributed by atoms with E-state index in [1.165, 1.54) is 12.3 Å². The summed E-state index contributed by atoms with van der Waals surface area (Å²) in [5, 5.41) is 8.69. The number of sulfonamides is 1. The Kier molecular flexibility index (Phi) is 4.25. The number of hydrogen-bond donors (Lipinski definition) is 3. The predicted molar refractivity (Wildman–Crippen MR) is 81.0 cm³/mol. The van der Waals surface area contributed by atoms with Crippen LogP contribution in [-0.4, -0.2) is 24.5 Å². The molecule has 1 heterocycles. The van der Waals surface area contributed by atoms with E-state index in [1.54, 1.807) is 6.92 Å². The molecule has 0 spiro atoms. The number of hydrogen-bond acceptors (Lipinski definition) is 4. The molecule has 116 valence electrons. The molecule has 0 aliphatic rings. The first-order chi connectivity index (χ1) is 10.2. The molecule has 0 radical (unpaired) electrons. The minimum absolute atomic E-state index is 0.187. The molecule has 22 heavy (non-hydrogen) atoms. The summed E-state index contributed by atoms with van der Waals surface area (Å²) < 4.78 is 26.8. The van der Waals surface area contributed by atoms with Crippen LogP contribution in [0.15, 0.2) is 40.2 Å². The molecule has 0 atom stereocenters. The Balaban J connectivity index is 2.40. The Morgan fingerprint density at radius 2 is 2.00 bits per heavy atom. The molecule has 0 saturated heterocycles. The van der Waals surface area contributed by atoms with Crippen molar-refractivity contribution in [2.45, 2.75) is 11.8 Å². The summed E-state index contributed by atoms with van der Waals surface area (Å²) in [4.78, 5) is 24.2. The van der Waals surface area contributed by atoms with Gasteiger partial charge in [-0.1, -0.05) is 11.6 Å². The first-order valence-electron chi connectivity index (χ1n) is 5.96. The van der Waals surface area contributed by atoms with Gasteiger partial charge in [0.2, 0.25) is 5.56 Å². The molecule has 3 N–H and O–H groups in total. The second kappa shape index (κ2) is 5.82. The van der Waals surface area contributed by atoms with Crippen molar-refractivity contribution in [3.63, 3.8) is 0 Å². The Hall–Kier alpha value is -2.32. The van der Waals surface area contributed by atoms with Crippen LogP contribution in [0.2, 0.25) is 5.02 Å². The molecule has 1 aromatic heterocycles. The Morgan fingerprint density at radius 3 is 2.55 bits per heavy atom. The van der Waals surface area contributed by atoms with Crippen LogP contribution < -0.4 is 10.3 Å². The number of anilines is 1. The molecule has 0 unspecified atom stereocenters. The maximum Gasteiger partial charge on any atom is 0.337 e. The molecule has 0 amide bonds. The van der Waals surface area contributed by atoms with Gasteiger partial charge >= 0.3 is 5.97 Å². The number of nitrogens with one attached hydrogen (secondary N) is 2. The molecule has 0 bridgehead atoms. The summed E-state index contributed by atoms with van der Waals surface area (Å²) in [7, 11) is -3.96. The molecule has 9 heteroatoms. The van der Waals surface area contributed by atoms with Crippen molar-refractivity contribution in [1.82, 2.24) is 4.98 Å². The SMILES string of the molecule is Cc1cc(=O)[nH]cc1NS(=O)(=O)c1ccc(C(=O)O)c(Cl)c1. The summed E-state index contributed by atoms with van der Waals surface area (Å²) in [6, 6.07) is 4.55. The molecule has 0 aliphatic carbocycles. The number of benzene rings is 1. The Morgan fingerprint density at radius 1 is 1.32 bits per heavy atom. The predicted octanol–water partition coefficient (Wildman–Crippen LogP) is 1.84. The molecule has 0 aliphatic heterocycles. The van der Waals surface area contributed by atoms with Gasteiger partial charge in [-0.05, 0) is 30.7 Å². The van der Waals surface area contributed by atoms with E-state index >= 15 is 0 Å². The molecule has 7 nitrogen and oxygen atoms in total. The smallest absolute Gasteiger partial charge is 0.337 e. The van der Waals surface area contributed by atoms with Crippen molar-refractivity contribution in [2.75, 3.05) is 4.72 Å². The fourth-order valence-corrected chi connectivity index (χ4v) is 3.20. The number of aromatic amines is 1. The van der Waals surface area contributed by atoms with Crippen molar-refractivity contribution >= 4 is 33.3 Å². The topological polar surface area (TPSA) is 116 Å². The number of aromatic nitrogens is 1. The monoisotopic (exact) mass is 342 g/mol. The molecule has 0 saturated carbocycles. The lowest BCUT2D eigenvalue weighted by Crippen LogP contribution is -2.16. The van der Waals surface area contributed by atoms with Gasteiger partial charge < -0.3 is 10.1 Å². The fourth-order valence-electron chi connectivity index (χ4n) is 1.72. The number of carboxylic acid groups (broad SMARTS) is 1. The van der Waals surface area contributed by atoms with Gasteiger partial charge in [0.15, 0.2) is 0 Å². The number of carbonyl (C=O) groups is 1. The fraction of sp³-hybridized carbons (Fsp3) is 0.0769. The highest BCUT2D eigenvalue weighted by atomic mass is 35.5. The number of carboxylic acids is 1. The van der Waals surface area contributed by atoms with Crippen LogP contribution >= 0.6 is 11.6 Å². The van der Waals surface area contributed by atoms with Crippen molar-refractivity contribution < 1.29 is 18.3 Å². The van der Waals surface area contributed by atoms with Gasteiger partial charge in [0.25, 0.3) is 10.0 Å². The van der Waals surface area contributed by atoms with E-state index in [0.29, 0.717) is 5.56 Å². The van der Waals surface area contributed by atoms with Crippen molar-refractivity contribution in [3.05, 3.63) is 57.0 Å². The average molecular weight is 343 g/mol. The largest absolute Gasteiger partial charge is 0.478 e. The van der Waals surface area contributed by atoms with Gasteiger partial charge in [-0.2, -0.15) is 0 Å². The summed E-state index contributed by atoms with van der Waals surface area (Å²) in [5.74, 6) is -1.25. The third kappa shape index (κ3) is 3.29. The van der Waals surface area contributed by atoms with Crippen LogP contribution in [0.25, 0.3) is 0 Å². The zero-order valence-corrected chi connectivity index (χ0v) is 12.8. The van der Waals surface area contributed by atoms with Gasteiger partial charge in [-0.3, -0.25) is 9.52 Å². The number of aromatic carboxylic acids is 1. The zero-order valence-electron chi connectivity index (χ0n) is 11.3. The molecule has 1 aromatic carbocycles. The first-order valence-corrected chi connectivity index (χ1v) is 7.82. The highest BCUT2D eigenvalue weighted by molar-refractivity contribution is 7.92. The molecule has 0 fully saturated rings. The van der Waals surface area contributed by atoms with Crippen molar-refractivity contribution in [3.8, 4) is 0 Å². The third-order valence-corrected chi connectivity index (χ3v) is 4.53. The first kappa shape index (κ1) is 16.1. The van der Waals surface area contributed by atoms with Crippen LogP contribution in [0.5, 0.6) is 0 Å². The molecule has 2 aromatic rings. The average Bonchev–Trinajstić information content (AvgIpc) is 2.41. The zero-order chi connectivity index (χ0) is 16.5. The van der Waals surface area contributed by atoms with Gasteiger partial charge in [-0.25, -0.2) is 13.2 Å². The minimum Gasteiger partial charge on any atom is -0.478 e. The lowest BCUT2D eigenvalue weighted by molar-refractivity contribution is 0.0697. The van der Waals surface area contributed by atoms with E-state index in [9.17, 15) is 18.0 Å². The third-order valence-electron chi connectivity index (χ3n) is 2.86. The van der Waals surface area contributed by atoms with Crippen LogP contribution in [0, 0.1) is 6.92 Å². The van der Waals surface area contributed by atoms with Crippen LogP contribution in [0.4, 0.5) is 5.69 Å². The quantitative estimate of drug-likeness (QED) is 0.783. The van der Waals surface area contributed by atoms with E-state index in [1.807, 2.05) is 0 Å². The number of halogens is 1. The summed E-state index contributed by atoms with van der Waals surface area (Å²) in [6.07, 6.45) is 1.24. The maximum absolute atomic E-state index is 12.3. The van der Waals surface area contributed by atoms with E-state index in [0.717, 1.165) is 18.2 Å². The lowest BCUT2D eigenvalue weighted by atomic mass is 10.2. The van der Waals surface area contributed by atoms with Gasteiger partial charge in [0.1, 0.15) is 0 Å². The van der Waals surface area contributed by atoms with Crippen molar-refractivity contribution in [2.24, 2.45) is 0 Å². The second-order valence-corrected chi connectivity index (χ2v) is 6.54. The lowest BCUT2D eigenvalue weighted by Gasteiger charge is -2.10. The van der Waals surface area contributed by atoms with Crippen molar-refractivity contribution in [1.29, 1.82) is 0 Å². The summed E-state index contributed by atoms with van der Waals surface area (Å²) in [5.41, 5.74) is 0.105. The standard InChI is InChI=1S/C13H11ClN2O5S/c1-7-4-12(17)15-6-11(7)16-22(20,21)8-2-3-9(13(18)19)10(14)5-8/h2-6,16H,1H3,(H,15,17)(H,18,19). The summed E-state index contributed by atoms with van der Waals surface area (Å²) >= 11 is 5.76. The normalized spacial score (nSPS) is 11.2. The Labute approximate surface area is 130 Å². The molecular weight excluding hydrogens is 332 g/mol. The Bertz CT molecular complexity index is 905.